The fourth-order valence-electron chi connectivity index (χ4n) is 2.26. The molecule has 0 amide bonds. The number of hydrogen-bond donors (Lipinski definition) is 1. The zero-order chi connectivity index (χ0) is 14.5. The normalized spacial score (nSPS) is 11.4. The van der Waals surface area contributed by atoms with E-state index >= 15 is 0 Å². The van der Waals surface area contributed by atoms with Crippen molar-refractivity contribution < 1.29 is 4.74 Å². The zero-order valence-corrected chi connectivity index (χ0v) is 13.4. The second kappa shape index (κ2) is 6.99. The number of imidazole rings is 1. The van der Waals surface area contributed by atoms with Crippen molar-refractivity contribution in [3.63, 3.8) is 0 Å². The largest absolute Gasteiger partial charge is 0.494 e. The number of fused-ring (bicyclic) bond motifs is 1. The zero-order valence-electron chi connectivity index (χ0n) is 12.5. The molecule has 0 spiro atoms. The molecule has 1 heterocycles. The first-order valence-corrected chi connectivity index (χ1v) is 7.66. The van der Waals surface area contributed by atoms with E-state index in [1.54, 1.807) is 0 Å². The van der Waals surface area contributed by atoms with Crippen LogP contribution >= 0.6 is 12.6 Å². The second-order valence-electron chi connectivity index (χ2n) is 5.04. The molecule has 0 aliphatic heterocycles. The van der Waals surface area contributed by atoms with Crippen LogP contribution in [0.3, 0.4) is 0 Å². The first kappa shape index (κ1) is 15.2. The standard InChI is InChI=1S/C15H23N3OS/c1-4-19-12-5-6-14-13(11-12)16-15(7-10-20)18(14)9-8-17(2)3/h5-6,11,20H,4,7-10H2,1-3H3. The molecule has 0 saturated carbocycles. The molecule has 110 valence electrons. The molecule has 0 saturated heterocycles. The van der Waals surface area contributed by atoms with Crippen molar-refractivity contribution in [2.45, 2.75) is 19.9 Å². The van der Waals surface area contributed by atoms with Gasteiger partial charge in [0.25, 0.3) is 0 Å². The lowest BCUT2D eigenvalue weighted by Gasteiger charge is -2.13. The van der Waals surface area contributed by atoms with Crippen molar-refractivity contribution in [1.29, 1.82) is 0 Å². The predicted molar refractivity (Wildman–Crippen MR) is 87.0 cm³/mol. The molecule has 0 aliphatic carbocycles. The Morgan fingerprint density at radius 2 is 2.15 bits per heavy atom. The molecule has 4 nitrogen and oxygen atoms in total. The van der Waals surface area contributed by atoms with Crippen LogP contribution in [0.1, 0.15) is 12.7 Å². The van der Waals surface area contributed by atoms with Crippen LogP contribution in [0, 0.1) is 0 Å². The van der Waals surface area contributed by atoms with Crippen LogP contribution in [0.4, 0.5) is 0 Å². The Labute approximate surface area is 126 Å². The van der Waals surface area contributed by atoms with Gasteiger partial charge in [0.05, 0.1) is 17.6 Å². The van der Waals surface area contributed by atoms with Crippen molar-refractivity contribution in [2.24, 2.45) is 0 Å². The number of likely N-dealkylation sites (N-methyl/N-ethyl adjacent to an activating group) is 1. The molecule has 0 aliphatic rings. The number of aryl methyl sites for hydroxylation is 1. The van der Waals surface area contributed by atoms with Gasteiger partial charge in [0, 0.05) is 25.6 Å². The Morgan fingerprint density at radius 3 is 2.80 bits per heavy atom. The van der Waals surface area contributed by atoms with Crippen LogP contribution in [0.5, 0.6) is 5.75 Å². The minimum absolute atomic E-state index is 0.677. The molecule has 2 aromatic rings. The Morgan fingerprint density at radius 1 is 1.35 bits per heavy atom. The van der Waals surface area contributed by atoms with E-state index < -0.39 is 0 Å². The van der Waals surface area contributed by atoms with E-state index in [1.165, 1.54) is 5.52 Å². The third-order valence-corrected chi connectivity index (χ3v) is 3.44. The van der Waals surface area contributed by atoms with E-state index in [0.29, 0.717) is 6.61 Å². The van der Waals surface area contributed by atoms with Crippen LogP contribution in [0.2, 0.25) is 0 Å². The summed E-state index contributed by atoms with van der Waals surface area (Å²) in [5, 5.41) is 0. The summed E-state index contributed by atoms with van der Waals surface area (Å²) in [4.78, 5) is 6.92. The van der Waals surface area contributed by atoms with Gasteiger partial charge in [-0.25, -0.2) is 4.98 Å². The number of nitrogens with zero attached hydrogens (tertiary/aromatic N) is 3. The predicted octanol–water partition coefficient (Wildman–Crippen LogP) is 2.47. The molecule has 1 aromatic carbocycles. The summed E-state index contributed by atoms with van der Waals surface area (Å²) in [5.41, 5.74) is 2.18. The summed E-state index contributed by atoms with van der Waals surface area (Å²) < 4.78 is 7.84. The quantitative estimate of drug-likeness (QED) is 0.796. The summed E-state index contributed by atoms with van der Waals surface area (Å²) in [6, 6.07) is 6.14. The minimum atomic E-state index is 0.677. The van der Waals surface area contributed by atoms with Crippen molar-refractivity contribution in [3.05, 3.63) is 24.0 Å². The first-order valence-electron chi connectivity index (χ1n) is 7.03. The molecule has 0 atom stereocenters. The topological polar surface area (TPSA) is 30.3 Å². The van der Waals surface area contributed by atoms with Gasteiger partial charge in [-0.2, -0.15) is 12.6 Å². The van der Waals surface area contributed by atoms with Crippen LogP contribution in [0.25, 0.3) is 11.0 Å². The van der Waals surface area contributed by atoms with Gasteiger partial charge in [0.1, 0.15) is 11.6 Å². The Hall–Kier alpha value is -1.20. The highest BCUT2D eigenvalue weighted by atomic mass is 32.1. The number of hydrogen-bond acceptors (Lipinski definition) is 4. The van der Waals surface area contributed by atoms with E-state index in [-0.39, 0.29) is 0 Å². The van der Waals surface area contributed by atoms with Gasteiger partial charge in [-0.15, -0.1) is 0 Å². The third-order valence-electron chi connectivity index (χ3n) is 3.22. The highest BCUT2D eigenvalue weighted by molar-refractivity contribution is 7.80. The first-order chi connectivity index (χ1) is 9.65. The molecule has 1 aromatic heterocycles. The Bertz CT molecular complexity index is 565. The van der Waals surface area contributed by atoms with Gasteiger partial charge in [-0.1, -0.05) is 0 Å². The molecule has 0 unspecified atom stereocenters. The monoisotopic (exact) mass is 293 g/mol. The lowest BCUT2D eigenvalue weighted by Crippen LogP contribution is -2.19. The van der Waals surface area contributed by atoms with E-state index in [4.69, 9.17) is 9.72 Å². The van der Waals surface area contributed by atoms with Gasteiger partial charge < -0.3 is 14.2 Å². The van der Waals surface area contributed by atoms with Crippen LogP contribution in [-0.2, 0) is 13.0 Å². The van der Waals surface area contributed by atoms with Crippen molar-refractivity contribution in [1.82, 2.24) is 14.5 Å². The maximum atomic E-state index is 5.55. The third kappa shape index (κ3) is 3.46. The molecule has 20 heavy (non-hydrogen) atoms. The van der Waals surface area contributed by atoms with Gasteiger partial charge >= 0.3 is 0 Å². The van der Waals surface area contributed by atoms with E-state index in [2.05, 4.69) is 42.3 Å². The maximum absolute atomic E-state index is 5.55. The van der Waals surface area contributed by atoms with E-state index in [0.717, 1.165) is 42.4 Å². The number of thiol groups is 1. The van der Waals surface area contributed by atoms with Crippen LogP contribution in [0.15, 0.2) is 18.2 Å². The van der Waals surface area contributed by atoms with Gasteiger partial charge in [-0.3, -0.25) is 0 Å². The SMILES string of the molecule is CCOc1ccc2c(c1)nc(CCS)n2CCN(C)C. The van der Waals surface area contributed by atoms with Crippen LogP contribution in [-0.4, -0.2) is 47.5 Å². The summed E-state index contributed by atoms with van der Waals surface area (Å²) in [7, 11) is 4.18. The molecule has 5 heteroatoms. The fourth-order valence-corrected chi connectivity index (χ4v) is 2.46. The van der Waals surface area contributed by atoms with Gasteiger partial charge in [0.2, 0.25) is 0 Å². The van der Waals surface area contributed by atoms with E-state index in [9.17, 15) is 0 Å². The van der Waals surface area contributed by atoms with Gasteiger partial charge in [-0.05, 0) is 38.9 Å². The van der Waals surface area contributed by atoms with Crippen molar-refractivity contribution in [3.8, 4) is 5.75 Å². The molecule has 0 bridgehead atoms. The number of aromatic nitrogens is 2. The molecule has 2 rings (SSSR count). The van der Waals surface area contributed by atoms with E-state index in [1.807, 2.05) is 19.1 Å². The Kier molecular flexibility index (Phi) is 5.31. The molecule has 0 fully saturated rings. The fraction of sp³-hybridized carbons (Fsp3) is 0.533. The number of ether oxygens (including phenoxy) is 1. The van der Waals surface area contributed by atoms with Gasteiger partial charge in [0.15, 0.2) is 0 Å². The molecule has 0 radical (unpaired) electrons. The van der Waals surface area contributed by atoms with Crippen molar-refractivity contribution in [2.75, 3.05) is 33.0 Å². The highest BCUT2D eigenvalue weighted by Gasteiger charge is 2.11. The average Bonchev–Trinajstić information content (AvgIpc) is 2.74. The summed E-state index contributed by atoms with van der Waals surface area (Å²) in [5.74, 6) is 2.80. The summed E-state index contributed by atoms with van der Waals surface area (Å²) in [6.07, 6.45) is 0.884. The minimum Gasteiger partial charge on any atom is -0.494 e. The molecular weight excluding hydrogens is 270 g/mol. The molecular formula is C15H23N3OS. The van der Waals surface area contributed by atoms with Crippen LogP contribution < -0.4 is 4.74 Å². The average molecular weight is 293 g/mol. The molecule has 0 N–H and O–H groups in total. The Balaban J connectivity index is 2.37. The lowest BCUT2D eigenvalue weighted by molar-refractivity contribution is 0.340. The maximum Gasteiger partial charge on any atom is 0.121 e. The highest BCUT2D eigenvalue weighted by Crippen LogP contribution is 2.22. The second-order valence-corrected chi connectivity index (χ2v) is 5.49. The summed E-state index contributed by atoms with van der Waals surface area (Å²) in [6.45, 7) is 4.61. The smallest absolute Gasteiger partial charge is 0.121 e. The summed E-state index contributed by atoms with van der Waals surface area (Å²) >= 11 is 4.34. The van der Waals surface area contributed by atoms with Crippen molar-refractivity contribution >= 4 is 23.7 Å². The number of benzene rings is 1. The number of rotatable bonds is 7. The lowest BCUT2D eigenvalue weighted by atomic mass is 10.3.